The molecule has 4 unspecified atom stereocenters. The second kappa shape index (κ2) is 25.6. The normalized spacial score (nSPS) is 16.3. The highest BCUT2D eigenvalue weighted by Gasteiger charge is 2.44. The molecule has 0 aromatic rings. The number of ether oxygens (including phenoxy) is 6. The Morgan fingerprint density at radius 3 is 1.86 bits per heavy atom. The van der Waals surface area contributed by atoms with Crippen LogP contribution in [0.25, 0.3) is 0 Å². The van der Waals surface area contributed by atoms with Crippen molar-refractivity contribution in [2.24, 2.45) is 0 Å². The number of carbonyl (C=O) groups is 1. The standard InChI is InChI=1S/C32H30O10/c1-2-3-4-5-6-7-8-9-10-11-12-13-14-15-16-17-30(36)40-25-24-37-26-28(38-21-18-33)32-31(41-23-20-35)29(27-42-32)39-22-19-34/h28-29,31-35H,18-27H2,1H3. The fraction of sp³-hybridized carbons (Fsp3) is 0.469. The van der Waals surface area contributed by atoms with Crippen molar-refractivity contribution in [3.05, 3.63) is 0 Å². The Kier molecular flexibility index (Phi) is 21.7. The minimum absolute atomic E-state index is 0.0283. The Morgan fingerprint density at radius 1 is 0.738 bits per heavy atom. The number of aliphatic hydroxyl groups excluding tert-OH is 3. The maximum Gasteiger partial charge on any atom is 0.385 e. The van der Waals surface area contributed by atoms with Gasteiger partial charge in [-0.2, -0.15) is 0 Å². The van der Waals surface area contributed by atoms with Crippen LogP contribution < -0.4 is 0 Å². The maximum absolute atomic E-state index is 11.7. The van der Waals surface area contributed by atoms with E-state index in [1.165, 1.54) is 0 Å². The fourth-order valence-electron chi connectivity index (χ4n) is 3.05. The maximum atomic E-state index is 11.7. The number of hydrogen-bond acceptors (Lipinski definition) is 10. The summed E-state index contributed by atoms with van der Waals surface area (Å²) in [5, 5.41) is 27.4. The molecule has 0 aromatic heterocycles. The van der Waals surface area contributed by atoms with Gasteiger partial charge in [0.25, 0.3) is 0 Å². The molecule has 3 N–H and O–H groups in total. The first-order valence-corrected chi connectivity index (χ1v) is 12.6. The number of rotatable bonds is 15. The second-order valence-electron chi connectivity index (χ2n) is 7.46. The van der Waals surface area contributed by atoms with E-state index in [-0.39, 0.29) is 66.1 Å². The lowest BCUT2D eigenvalue weighted by Crippen LogP contribution is -2.45. The van der Waals surface area contributed by atoms with Crippen molar-refractivity contribution in [3.8, 4) is 94.7 Å². The number of aliphatic hydroxyl groups is 3. The van der Waals surface area contributed by atoms with Gasteiger partial charge < -0.3 is 43.7 Å². The van der Waals surface area contributed by atoms with E-state index in [1.807, 2.05) is 0 Å². The molecule has 0 saturated carbocycles. The van der Waals surface area contributed by atoms with Crippen molar-refractivity contribution in [1.29, 1.82) is 0 Å². The van der Waals surface area contributed by atoms with Crippen molar-refractivity contribution in [3.63, 3.8) is 0 Å². The van der Waals surface area contributed by atoms with E-state index in [9.17, 15) is 9.90 Å². The molecule has 1 saturated heterocycles. The molecule has 1 fully saturated rings. The van der Waals surface area contributed by atoms with Crippen molar-refractivity contribution < 1.29 is 48.5 Å². The van der Waals surface area contributed by atoms with Gasteiger partial charge >= 0.3 is 5.97 Å². The third-order valence-electron chi connectivity index (χ3n) is 4.60. The molecule has 0 aromatic carbocycles. The molecule has 0 radical (unpaired) electrons. The summed E-state index contributed by atoms with van der Waals surface area (Å²) >= 11 is 0. The highest BCUT2D eigenvalue weighted by molar-refractivity contribution is 5.89. The molecule has 42 heavy (non-hydrogen) atoms. The average Bonchev–Trinajstić information content (AvgIpc) is 3.40. The topological polar surface area (TPSA) is 133 Å². The molecule has 0 amide bonds. The zero-order valence-corrected chi connectivity index (χ0v) is 23.1. The first-order valence-electron chi connectivity index (χ1n) is 12.6. The number of esters is 1. The first kappa shape index (κ1) is 35.7. The van der Waals surface area contributed by atoms with Crippen molar-refractivity contribution in [2.75, 3.05) is 66.1 Å². The van der Waals surface area contributed by atoms with Gasteiger partial charge in [-0.25, -0.2) is 4.79 Å². The highest BCUT2D eigenvalue weighted by Crippen LogP contribution is 2.25. The molecule has 1 aliphatic heterocycles. The van der Waals surface area contributed by atoms with Gasteiger partial charge in [-0.05, 0) is 89.8 Å². The quantitative estimate of drug-likeness (QED) is 0.0884. The third kappa shape index (κ3) is 17.3. The molecule has 10 nitrogen and oxygen atoms in total. The van der Waals surface area contributed by atoms with Gasteiger partial charge in [0.1, 0.15) is 31.0 Å². The van der Waals surface area contributed by atoms with Crippen LogP contribution in [0.2, 0.25) is 0 Å². The van der Waals surface area contributed by atoms with Crippen LogP contribution in [0.3, 0.4) is 0 Å². The lowest BCUT2D eigenvalue weighted by molar-refractivity contribution is -0.144. The summed E-state index contributed by atoms with van der Waals surface area (Å²) in [4.78, 5) is 11.7. The smallest absolute Gasteiger partial charge is 0.385 e. The molecule has 0 aliphatic carbocycles. The Balaban J connectivity index is 2.46. The van der Waals surface area contributed by atoms with E-state index < -0.39 is 30.4 Å². The van der Waals surface area contributed by atoms with Gasteiger partial charge in [0.05, 0.1) is 59.5 Å². The summed E-state index contributed by atoms with van der Waals surface area (Å²) in [5.41, 5.74) is 0. The summed E-state index contributed by atoms with van der Waals surface area (Å²) in [6.45, 7) is 1.46. The van der Waals surface area contributed by atoms with Gasteiger partial charge in [-0.3, -0.25) is 0 Å². The van der Waals surface area contributed by atoms with E-state index in [2.05, 4.69) is 94.7 Å². The summed E-state index contributed by atoms with van der Waals surface area (Å²) in [7, 11) is 0. The molecule has 1 rings (SSSR count). The van der Waals surface area contributed by atoms with E-state index >= 15 is 0 Å². The highest BCUT2D eigenvalue weighted by atomic mass is 16.6. The lowest BCUT2D eigenvalue weighted by Gasteiger charge is -2.29. The molecule has 10 heteroatoms. The second-order valence-corrected chi connectivity index (χ2v) is 7.46. The van der Waals surface area contributed by atoms with Crippen LogP contribution in [-0.2, 0) is 33.2 Å². The Labute approximate surface area is 246 Å². The summed E-state index contributed by atoms with van der Waals surface area (Å²) < 4.78 is 33.3. The van der Waals surface area contributed by atoms with Crippen molar-refractivity contribution in [2.45, 2.75) is 31.3 Å². The van der Waals surface area contributed by atoms with Crippen LogP contribution in [-0.4, -0.2) is 112 Å². The minimum Gasteiger partial charge on any atom is -0.454 e. The predicted octanol–water partition coefficient (Wildman–Crippen LogP) is -1.88. The van der Waals surface area contributed by atoms with Gasteiger partial charge in [0.2, 0.25) is 0 Å². The van der Waals surface area contributed by atoms with Crippen molar-refractivity contribution in [1.82, 2.24) is 0 Å². The molecular formula is C32H30O10. The van der Waals surface area contributed by atoms with Crippen LogP contribution in [0, 0.1) is 94.7 Å². The molecule has 218 valence electrons. The molecule has 0 spiro atoms. The van der Waals surface area contributed by atoms with Gasteiger partial charge in [-0.1, -0.05) is 5.92 Å². The third-order valence-corrected chi connectivity index (χ3v) is 4.60. The largest absolute Gasteiger partial charge is 0.454 e. The zero-order valence-electron chi connectivity index (χ0n) is 23.1. The van der Waals surface area contributed by atoms with Crippen molar-refractivity contribution >= 4 is 5.97 Å². The van der Waals surface area contributed by atoms with Crippen LogP contribution in [0.5, 0.6) is 0 Å². The lowest BCUT2D eigenvalue weighted by atomic mass is 10.1. The van der Waals surface area contributed by atoms with E-state index in [0.29, 0.717) is 0 Å². The zero-order chi connectivity index (χ0) is 30.5. The molecular weight excluding hydrogens is 544 g/mol. The average molecular weight is 575 g/mol. The predicted molar refractivity (Wildman–Crippen MR) is 150 cm³/mol. The first-order chi connectivity index (χ1) is 20.7. The van der Waals surface area contributed by atoms with Gasteiger partial charge in [-0.15, -0.1) is 0 Å². The van der Waals surface area contributed by atoms with Crippen LogP contribution >= 0.6 is 0 Å². The van der Waals surface area contributed by atoms with Gasteiger partial charge in [0.15, 0.2) is 0 Å². The number of carbonyl (C=O) groups excluding carboxylic acids is 1. The van der Waals surface area contributed by atoms with E-state index in [0.717, 1.165) is 0 Å². The van der Waals surface area contributed by atoms with Crippen LogP contribution in [0.1, 0.15) is 6.92 Å². The van der Waals surface area contributed by atoms with Gasteiger partial charge in [0, 0.05) is 5.92 Å². The fourth-order valence-corrected chi connectivity index (χ4v) is 3.05. The Hall–Kier alpha value is -4.37. The molecule has 4 atom stereocenters. The SMILES string of the molecule is CC#CC#CC#CC#CC#CC#CC#CC#CC(=O)OCCOCC(OCCO)C1OCC(OCCO)C1OCCO. The molecule has 1 aliphatic rings. The summed E-state index contributed by atoms with van der Waals surface area (Å²) in [5.74, 6) is 38.5. The van der Waals surface area contributed by atoms with Crippen LogP contribution in [0.15, 0.2) is 0 Å². The minimum atomic E-state index is -0.794. The number of hydrogen-bond donors (Lipinski definition) is 3. The monoisotopic (exact) mass is 574 g/mol. The summed E-state index contributed by atoms with van der Waals surface area (Å²) in [6.07, 6.45) is -2.33. The Bertz CT molecular complexity index is 1340. The summed E-state index contributed by atoms with van der Waals surface area (Å²) in [6, 6.07) is 0. The van der Waals surface area contributed by atoms with E-state index in [1.54, 1.807) is 6.92 Å². The van der Waals surface area contributed by atoms with Crippen LogP contribution in [0.4, 0.5) is 0 Å². The van der Waals surface area contributed by atoms with E-state index in [4.69, 9.17) is 38.6 Å². The molecule has 1 heterocycles. The Morgan fingerprint density at radius 2 is 1.29 bits per heavy atom. The molecule has 0 bridgehead atoms.